The van der Waals surface area contributed by atoms with E-state index < -0.39 is 5.41 Å². The third-order valence-electron chi connectivity index (χ3n) is 2.69. The molecule has 1 nitrogen and oxygen atoms in total. The molecule has 0 amide bonds. The molecular formula is C13H15ClO. The lowest BCUT2D eigenvalue weighted by atomic mass is 9.80. The van der Waals surface area contributed by atoms with Gasteiger partial charge in [0.1, 0.15) is 0 Å². The average Bonchev–Trinajstić information content (AvgIpc) is 2.27. The van der Waals surface area contributed by atoms with Crippen molar-refractivity contribution in [1.29, 1.82) is 0 Å². The highest BCUT2D eigenvalue weighted by Crippen LogP contribution is 2.31. The van der Waals surface area contributed by atoms with Gasteiger partial charge in [-0.1, -0.05) is 36.4 Å². The molecule has 2 heteroatoms. The Hall–Kier alpha value is -1.08. The fourth-order valence-electron chi connectivity index (χ4n) is 1.55. The molecule has 0 spiro atoms. The summed E-state index contributed by atoms with van der Waals surface area (Å²) in [6.07, 6.45) is 3.29. The van der Waals surface area contributed by atoms with E-state index in [-0.39, 0.29) is 5.24 Å². The van der Waals surface area contributed by atoms with Crippen LogP contribution in [0.25, 0.3) is 0 Å². The number of rotatable bonds is 5. The Bertz CT molecular complexity index is 345. The number of carbonyl (C=O) groups excluding carboxylic acids is 1. The minimum absolute atomic E-state index is 0.310. The summed E-state index contributed by atoms with van der Waals surface area (Å²) in [4.78, 5) is 11.5. The molecule has 0 aromatic heterocycles. The summed E-state index contributed by atoms with van der Waals surface area (Å²) in [6.45, 7) is 5.54. The molecule has 1 aromatic rings. The second-order valence-electron chi connectivity index (χ2n) is 3.80. The van der Waals surface area contributed by atoms with Crippen molar-refractivity contribution < 1.29 is 4.79 Å². The van der Waals surface area contributed by atoms with Crippen LogP contribution in [0.4, 0.5) is 0 Å². The molecule has 0 aliphatic rings. The van der Waals surface area contributed by atoms with Crippen molar-refractivity contribution in [3.8, 4) is 0 Å². The number of hydrogen-bond donors (Lipinski definition) is 0. The molecule has 1 rings (SSSR count). The van der Waals surface area contributed by atoms with Crippen LogP contribution in [-0.4, -0.2) is 5.24 Å². The van der Waals surface area contributed by atoms with Crippen LogP contribution >= 0.6 is 11.6 Å². The normalized spacial score (nSPS) is 14.3. The molecule has 0 radical (unpaired) electrons. The van der Waals surface area contributed by atoms with Gasteiger partial charge in [-0.25, -0.2) is 0 Å². The van der Waals surface area contributed by atoms with Crippen molar-refractivity contribution in [2.24, 2.45) is 0 Å². The van der Waals surface area contributed by atoms with Gasteiger partial charge in [0, 0.05) is 0 Å². The van der Waals surface area contributed by atoms with Crippen LogP contribution in [0.3, 0.4) is 0 Å². The Kier molecular flexibility index (Phi) is 4.10. The van der Waals surface area contributed by atoms with Gasteiger partial charge in [0.15, 0.2) is 0 Å². The Morgan fingerprint density at radius 1 is 1.47 bits per heavy atom. The number of benzene rings is 1. The zero-order valence-corrected chi connectivity index (χ0v) is 9.63. The van der Waals surface area contributed by atoms with Gasteiger partial charge in [0.25, 0.3) is 0 Å². The molecule has 0 N–H and O–H groups in total. The van der Waals surface area contributed by atoms with Crippen molar-refractivity contribution in [3.63, 3.8) is 0 Å². The first-order chi connectivity index (χ1) is 7.11. The van der Waals surface area contributed by atoms with Crippen LogP contribution in [0.1, 0.15) is 25.3 Å². The monoisotopic (exact) mass is 222 g/mol. The van der Waals surface area contributed by atoms with Crippen LogP contribution in [0.2, 0.25) is 0 Å². The molecule has 0 aliphatic heterocycles. The first-order valence-electron chi connectivity index (χ1n) is 4.97. The zero-order valence-electron chi connectivity index (χ0n) is 8.87. The first-order valence-corrected chi connectivity index (χ1v) is 5.35. The van der Waals surface area contributed by atoms with Crippen LogP contribution in [0.5, 0.6) is 0 Å². The number of hydrogen-bond acceptors (Lipinski definition) is 1. The van der Waals surface area contributed by atoms with Gasteiger partial charge in [0.2, 0.25) is 5.24 Å². The summed E-state index contributed by atoms with van der Waals surface area (Å²) >= 11 is 5.68. The van der Waals surface area contributed by atoms with Crippen LogP contribution in [0.15, 0.2) is 43.0 Å². The molecule has 1 aromatic carbocycles. The van der Waals surface area contributed by atoms with Crippen molar-refractivity contribution in [2.45, 2.75) is 25.2 Å². The third kappa shape index (κ3) is 2.69. The minimum atomic E-state index is -0.600. The fourth-order valence-corrected chi connectivity index (χ4v) is 1.76. The standard InChI is InChI=1S/C13H15ClO/c1-3-4-10-13(2,12(14)15)11-8-6-5-7-9-11/h3,5-9H,1,4,10H2,2H3. The number of allylic oxidation sites excluding steroid dienone is 1. The third-order valence-corrected chi connectivity index (χ3v) is 3.11. The molecular weight excluding hydrogens is 208 g/mol. The van der Waals surface area contributed by atoms with E-state index in [2.05, 4.69) is 6.58 Å². The summed E-state index contributed by atoms with van der Waals surface area (Å²) in [7, 11) is 0. The zero-order chi connectivity index (χ0) is 11.3. The van der Waals surface area contributed by atoms with Gasteiger partial charge in [-0.3, -0.25) is 4.79 Å². The Labute approximate surface area is 95.8 Å². The van der Waals surface area contributed by atoms with E-state index in [0.717, 1.165) is 12.0 Å². The Morgan fingerprint density at radius 3 is 2.53 bits per heavy atom. The Morgan fingerprint density at radius 2 is 2.07 bits per heavy atom. The molecule has 0 aliphatic carbocycles. The number of halogens is 1. The summed E-state index contributed by atoms with van der Waals surface area (Å²) in [5.41, 5.74) is 0.364. The summed E-state index contributed by atoms with van der Waals surface area (Å²) < 4.78 is 0. The van der Waals surface area contributed by atoms with E-state index in [1.807, 2.05) is 37.3 Å². The van der Waals surface area contributed by atoms with Gasteiger partial charge in [-0.05, 0) is 36.9 Å². The van der Waals surface area contributed by atoms with E-state index in [1.165, 1.54) is 0 Å². The average molecular weight is 223 g/mol. The van der Waals surface area contributed by atoms with Crippen LogP contribution < -0.4 is 0 Å². The predicted molar refractivity (Wildman–Crippen MR) is 64.1 cm³/mol. The highest BCUT2D eigenvalue weighted by molar-refractivity contribution is 6.65. The van der Waals surface area contributed by atoms with Gasteiger partial charge in [-0.2, -0.15) is 0 Å². The summed E-state index contributed by atoms with van der Waals surface area (Å²) in [5.74, 6) is 0. The van der Waals surface area contributed by atoms with E-state index >= 15 is 0 Å². The molecule has 0 fully saturated rings. The first kappa shape index (κ1) is 12.0. The van der Waals surface area contributed by atoms with Crippen molar-refractivity contribution >= 4 is 16.8 Å². The maximum atomic E-state index is 11.5. The molecule has 15 heavy (non-hydrogen) atoms. The SMILES string of the molecule is C=CCCC(C)(C(=O)Cl)c1ccccc1. The Balaban J connectivity index is 3.01. The molecule has 0 bridgehead atoms. The van der Waals surface area contributed by atoms with Crippen molar-refractivity contribution in [3.05, 3.63) is 48.6 Å². The smallest absolute Gasteiger partial charge is 0.231 e. The van der Waals surface area contributed by atoms with Gasteiger partial charge >= 0.3 is 0 Å². The molecule has 0 heterocycles. The predicted octanol–water partition coefficient (Wildman–Crippen LogP) is 3.68. The minimum Gasteiger partial charge on any atom is -0.280 e. The fraction of sp³-hybridized carbons (Fsp3) is 0.308. The second kappa shape index (κ2) is 5.13. The lowest BCUT2D eigenvalue weighted by Crippen LogP contribution is -2.28. The van der Waals surface area contributed by atoms with E-state index in [0.29, 0.717) is 6.42 Å². The molecule has 0 saturated carbocycles. The summed E-state index contributed by atoms with van der Waals surface area (Å²) in [6, 6.07) is 9.63. The lowest BCUT2D eigenvalue weighted by Gasteiger charge is -2.25. The van der Waals surface area contributed by atoms with Crippen LogP contribution in [-0.2, 0) is 10.2 Å². The van der Waals surface area contributed by atoms with Gasteiger partial charge in [-0.15, -0.1) is 6.58 Å². The van der Waals surface area contributed by atoms with Gasteiger partial charge < -0.3 is 0 Å². The summed E-state index contributed by atoms with van der Waals surface area (Å²) in [5, 5.41) is -0.310. The molecule has 0 saturated heterocycles. The van der Waals surface area contributed by atoms with E-state index in [4.69, 9.17) is 11.6 Å². The van der Waals surface area contributed by atoms with E-state index in [9.17, 15) is 4.79 Å². The van der Waals surface area contributed by atoms with E-state index in [1.54, 1.807) is 6.08 Å². The van der Waals surface area contributed by atoms with Crippen molar-refractivity contribution in [1.82, 2.24) is 0 Å². The quantitative estimate of drug-likeness (QED) is 0.549. The second-order valence-corrected chi connectivity index (χ2v) is 4.14. The topological polar surface area (TPSA) is 17.1 Å². The molecule has 1 atom stereocenters. The maximum absolute atomic E-state index is 11.5. The molecule has 80 valence electrons. The maximum Gasteiger partial charge on any atom is 0.231 e. The molecule has 1 unspecified atom stereocenters. The number of carbonyl (C=O) groups is 1. The van der Waals surface area contributed by atoms with Crippen LogP contribution in [0, 0.1) is 0 Å². The highest BCUT2D eigenvalue weighted by atomic mass is 35.5. The lowest BCUT2D eigenvalue weighted by molar-refractivity contribution is -0.116. The van der Waals surface area contributed by atoms with Crippen molar-refractivity contribution in [2.75, 3.05) is 0 Å². The highest BCUT2D eigenvalue weighted by Gasteiger charge is 2.32. The van der Waals surface area contributed by atoms with Gasteiger partial charge in [0.05, 0.1) is 5.41 Å². The largest absolute Gasteiger partial charge is 0.280 e.